The van der Waals surface area contributed by atoms with Crippen molar-refractivity contribution in [3.63, 3.8) is 0 Å². The Bertz CT molecular complexity index is 1130. The van der Waals surface area contributed by atoms with Crippen LogP contribution < -0.4 is 10.7 Å². The lowest BCUT2D eigenvalue weighted by Gasteiger charge is -2.42. The summed E-state index contributed by atoms with van der Waals surface area (Å²) in [4.78, 5) is 39.7. The molecule has 1 aromatic heterocycles. The van der Waals surface area contributed by atoms with Gasteiger partial charge < -0.3 is 19.9 Å². The summed E-state index contributed by atoms with van der Waals surface area (Å²) in [6.07, 6.45) is 2.90. The van der Waals surface area contributed by atoms with E-state index in [1.54, 1.807) is 13.0 Å². The number of carbonyl (C=O) groups is 2. The Hall–Kier alpha value is -3.23. The average Bonchev–Trinajstić information content (AvgIpc) is 2.95. The first-order valence-corrected chi connectivity index (χ1v) is 10.1. The lowest BCUT2D eigenvalue weighted by Crippen LogP contribution is -2.55. The maximum atomic E-state index is 14.3. The molecule has 1 saturated heterocycles. The lowest BCUT2D eigenvalue weighted by molar-refractivity contribution is 0.0516. The molecule has 2 N–H and O–H groups in total. The van der Waals surface area contributed by atoms with Crippen molar-refractivity contribution < 1.29 is 23.5 Å². The molecule has 1 atom stereocenters. The number of rotatable bonds is 4. The van der Waals surface area contributed by atoms with Crippen molar-refractivity contribution in [1.29, 1.82) is 0 Å². The highest BCUT2D eigenvalue weighted by Gasteiger charge is 2.46. The van der Waals surface area contributed by atoms with Crippen LogP contribution in [-0.2, 0) is 12.1 Å². The van der Waals surface area contributed by atoms with Crippen LogP contribution in [0.3, 0.4) is 0 Å². The molecule has 3 heterocycles. The number of halogens is 2. The van der Waals surface area contributed by atoms with Crippen LogP contribution in [0.15, 0.2) is 29.2 Å². The highest BCUT2D eigenvalue weighted by atomic mass is 19.1. The molecule has 1 fully saturated rings. The molecule has 2 amide bonds. The standard InChI is InChI=1S/C22H23F2N3O4/c1-13-4-5-14(16(24)8-13)9-25-20(30)15-10-27-17(19(29)18(15)28)21(31)26-7-3-2-6-22(27,11-23)12-26/h4-5,8,10,29H,2-3,6-7,9,11-12H2,1H3,(H,25,30). The number of nitrogens with zero attached hydrogens (tertiary/aromatic N) is 2. The molecule has 1 unspecified atom stereocenters. The van der Waals surface area contributed by atoms with E-state index in [2.05, 4.69) is 5.32 Å². The monoisotopic (exact) mass is 431 g/mol. The summed E-state index contributed by atoms with van der Waals surface area (Å²) in [5.41, 5.74) is -1.93. The van der Waals surface area contributed by atoms with Crippen LogP contribution in [0.25, 0.3) is 0 Å². The molecule has 2 aliphatic rings. The van der Waals surface area contributed by atoms with E-state index in [0.29, 0.717) is 25.8 Å². The number of aromatic nitrogens is 1. The Balaban J connectivity index is 1.73. The number of fused-ring (bicyclic) bond motifs is 4. The minimum atomic E-state index is -1.15. The summed E-state index contributed by atoms with van der Waals surface area (Å²) in [5, 5.41) is 13.0. The Kier molecular flexibility index (Phi) is 5.28. The highest BCUT2D eigenvalue weighted by Crippen LogP contribution is 2.37. The Morgan fingerprint density at radius 3 is 2.77 bits per heavy atom. The third-order valence-corrected chi connectivity index (χ3v) is 6.13. The second-order valence-electron chi connectivity index (χ2n) is 8.26. The van der Waals surface area contributed by atoms with Gasteiger partial charge in [0.1, 0.15) is 18.1 Å². The van der Waals surface area contributed by atoms with Gasteiger partial charge in [0.25, 0.3) is 11.8 Å². The fraction of sp³-hybridized carbons (Fsp3) is 0.409. The zero-order valence-corrected chi connectivity index (χ0v) is 17.1. The van der Waals surface area contributed by atoms with Crippen LogP contribution in [0.4, 0.5) is 8.78 Å². The summed E-state index contributed by atoms with van der Waals surface area (Å²) in [6, 6.07) is 4.55. The molecule has 9 heteroatoms. The van der Waals surface area contributed by atoms with E-state index in [1.807, 2.05) is 0 Å². The predicted octanol–water partition coefficient (Wildman–Crippen LogP) is 2.24. The summed E-state index contributed by atoms with van der Waals surface area (Å²) < 4.78 is 29.6. The molecule has 1 aromatic carbocycles. The number of nitrogens with one attached hydrogen (secondary N) is 1. The zero-order valence-electron chi connectivity index (χ0n) is 17.1. The van der Waals surface area contributed by atoms with E-state index >= 15 is 0 Å². The summed E-state index contributed by atoms with van der Waals surface area (Å²) in [5.74, 6) is -2.77. The average molecular weight is 431 g/mol. The SMILES string of the molecule is Cc1ccc(CNC(=O)c2cn3c(c(O)c2=O)C(=O)N2CCCCC3(CF)C2)c(F)c1. The van der Waals surface area contributed by atoms with Gasteiger partial charge in [-0.15, -0.1) is 0 Å². The van der Waals surface area contributed by atoms with E-state index in [0.717, 1.165) is 11.8 Å². The topological polar surface area (TPSA) is 91.6 Å². The Labute approximate surface area is 177 Å². The van der Waals surface area contributed by atoms with E-state index in [-0.39, 0.29) is 24.3 Å². The van der Waals surface area contributed by atoms with Crippen LogP contribution in [0, 0.1) is 12.7 Å². The fourth-order valence-corrected chi connectivity index (χ4v) is 4.37. The van der Waals surface area contributed by atoms with Gasteiger partial charge in [-0.1, -0.05) is 12.1 Å². The van der Waals surface area contributed by atoms with Crippen molar-refractivity contribution >= 4 is 11.8 Å². The van der Waals surface area contributed by atoms with Crippen molar-refractivity contribution in [1.82, 2.24) is 14.8 Å². The number of alkyl halides is 1. The number of amides is 2. The van der Waals surface area contributed by atoms with E-state index in [4.69, 9.17) is 0 Å². The Morgan fingerprint density at radius 1 is 1.29 bits per heavy atom. The molecule has 2 aromatic rings. The molecule has 2 aliphatic heterocycles. The van der Waals surface area contributed by atoms with Crippen molar-refractivity contribution in [2.75, 3.05) is 19.8 Å². The minimum absolute atomic E-state index is 0.104. The number of carbonyl (C=O) groups excluding carboxylic acids is 2. The summed E-state index contributed by atoms with van der Waals surface area (Å²) in [6.45, 7) is 1.26. The van der Waals surface area contributed by atoms with E-state index in [1.165, 1.54) is 21.6 Å². The van der Waals surface area contributed by atoms with Gasteiger partial charge in [0.05, 0.1) is 5.54 Å². The van der Waals surface area contributed by atoms with Gasteiger partial charge in [-0.25, -0.2) is 8.78 Å². The van der Waals surface area contributed by atoms with Crippen molar-refractivity contribution in [3.05, 3.63) is 62.8 Å². The van der Waals surface area contributed by atoms with Crippen molar-refractivity contribution in [3.8, 4) is 5.75 Å². The largest absolute Gasteiger partial charge is 0.503 e. The second-order valence-corrected chi connectivity index (χ2v) is 8.26. The summed E-state index contributed by atoms with van der Waals surface area (Å²) in [7, 11) is 0. The molecule has 0 saturated carbocycles. The van der Waals surface area contributed by atoms with Gasteiger partial charge >= 0.3 is 0 Å². The molecule has 2 bridgehead atoms. The molecule has 4 rings (SSSR count). The van der Waals surface area contributed by atoms with Crippen LogP contribution >= 0.6 is 0 Å². The van der Waals surface area contributed by atoms with Crippen LogP contribution in [0.5, 0.6) is 5.75 Å². The molecule has 7 nitrogen and oxygen atoms in total. The lowest BCUT2D eigenvalue weighted by atomic mass is 9.91. The maximum absolute atomic E-state index is 14.3. The van der Waals surface area contributed by atoms with Gasteiger partial charge in [0.2, 0.25) is 5.43 Å². The predicted molar refractivity (Wildman–Crippen MR) is 108 cm³/mol. The van der Waals surface area contributed by atoms with Gasteiger partial charge in [0.15, 0.2) is 11.4 Å². The maximum Gasteiger partial charge on any atom is 0.274 e. The quantitative estimate of drug-likeness (QED) is 0.777. The number of hydrogen-bond acceptors (Lipinski definition) is 4. The molecular weight excluding hydrogens is 408 g/mol. The normalized spacial score (nSPS) is 20.2. The number of benzene rings is 1. The molecule has 0 aliphatic carbocycles. The fourth-order valence-electron chi connectivity index (χ4n) is 4.37. The molecule has 0 spiro atoms. The first kappa shape index (κ1) is 21.0. The summed E-state index contributed by atoms with van der Waals surface area (Å²) >= 11 is 0. The van der Waals surface area contributed by atoms with E-state index in [9.17, 15) is 28.3 Å². The van der Waals surface area contributed by atoms with Crippen LogP contribution in [-0.4, -0.2) is 46.2 Å². The van der Waals surface area contributed by atoms with Crippen molar-refractivity contribution in [2.45, 2.75) is 38.3 Å². The third-order valence-electron chi connectivity index (χ3n) is 6.13. The molecule has 0 radical (unpaired) electrons. The number of aromatic hydroxyl groups is 1. The first-order valence-electron chi connectivity index (χ1n) is 10.1. The smallest absolute Gasteiger partial charge is 0.274 e. The van der Waals surface area contributed by atoms with Crippen molar-refractivity contribution in [2.24, 2.45) is 0 Å². The first-order chi connectivity index (χ1) is 14.8. The van der Waals surface area contributed by atoms with Crippen LogP contribution in [0.1, 0.15) is 51.2 Å². The highest BCUT2D eigenvalue weighted by molar-refractivity contribution is 5.99. The van der Waals surface area contributed by atoms with Gasteiger partial charge in [-0.3, -0.25) is 14.4 Å². The Morgan fingerprint density at radius 2 is 2.06 bits per heavy atom. The molecule has 164 valence electrons. The van der Waals surface area contributed by atoms with Gasteiger partial charge in [-0.2, -0.15) is 0 Å². The number of pyridine rings is 1. The van der Waals surface area contributed by atoms with Gasteiger partial charge in [0, 0.05) is 31.4 Å². The number of hydrogen-bond donors (Lipinski definition) is 2. The zero-order chi connectivity index (χ0) is 22.3. The molecular formula is C22H23F2N3O4. The second kappa shape index (κ2) is 7.79. The van der Waals surface area contributed by atoms with Gasteiger partial charge in [-0.05, 0) is 37.8 Å². The third kappa shape index (κ3) is 3.47. The minimum Gasteiger partial charge on any atom is -0.503 e. The number of aryl methyl sites for hydroxylation is 1. The molecule has 31 heavy (non-hydrogen) atoms. The van der Waals surface area contributed by atoms with Crippen LogP contribution in [0.2, 0.25) is 0 Å². The van der Waals surface area contributed by atoms with E-state index < -0.39 is 46.6 Å².